The van der Waals surface area contributed by atoms with E-state index in [0.29, 0.717) is 0 Å². The van der Waals surface area contributed by atoms with E-state index in [4.69, 9.17) is 5.73 Å². The SMILES string of the molecule is CC1CC2CCC2C1CN. The fourth-order valence-corrected chi connectivity index (χ4v) is 2.93. The quantitative estimate of drug-likeness (QED) is 0.587. The summed E-state index contributed by atoms with van der Waals surface area (Å²) >= 11 is 0. The van der Waals surface area contributed by atoms with Gasteiger partial charge in [0.25, 0.3) is 0 Å². The third-order valence-corrected chi connectivity index (χ3v) is 3.70. The monoisotopic (exact) mass is 139 g/mol. The van der Waals surface area contributed by atoms with Crippen LogP contribution in [0.4, 0.5) is 0 Å². The molecule has 2 saturated carbocycles. The molecule has 4 atom stereocenters. The van der Waals surface area contributed by atoms with Crippen LogP contribution >= 0.6 is 0 Å². The molecule has 2 rings (SSSR count). The molecule has 1 heteroatoms. The number of rotatable bonds is 1. The largest absolute Gasteiger partial charge is 0.330 e. The Bertz CT molecular complexity index is 133. The maximum absolute atomic E-state index is 5.71. The maximum atomic E-state index is 5.71. The summed E-state index contributed by atoms with van der Waals surface area (Å²) in [7, 11) is 0. The zero-order chi connectivity index (χ0) is 7.14. The first-order valence-corrected chi connectivity index (χ1v) is 4.53. The topological polar surface area (TPSA) is 26.0 Å². The summed E-state index contributed by atoms with van der Waals surface area (Å²) in [6.45, 7) is 3.30. The van der Waals surface area contributed by atoms with Crippen LogP contribution in [0.2, 0.25) is 0 Å². The summed E-state index contributed by atoms with van der Waals surface area (Å²) in [6, 6.07) is 0. The first-order valence-electron chi connectivity index (χ1n) is 4.53. The Morgan fingerprint density at radius 2 is 2.20 bits per heavy atom. The minimum Gasteiger partial charge on any atom is -0.330 e. The Labute approximate surface area is 63.0 Å². The number of fused-ring (bicyclic) bond motifs is 1. The van der Waals surface area contributed by atoms with Crippen molar-refractivity contribution < 1.29 is 0 Å². The molecule has 4 unspecified atom stereocenters. The molecule has 2 N–H and O–H groups in total. The van der Waals surface area contributed by atoms with Gasteiger partial charge >= 0.3 is 0 Å². The molecule has 1 nitrogen and oxygen atoms in total. The van der Waals surface area contributed by atoms with Crippen LogP contribution in [-0.2, 0) is 0 Å². The van der Waals surface area contributed by atoms with E-state index in [-0.39, 0.29) is 0 Å². The van der Waals surface area contributed by atoms with Gasteiger partial charge in [-0.25, -0.2) is 0 Å². The Kier molecular flexibility index (Phi) is 1.48. The predicted molar refractivity (Wildman–Crippen MR) is 42.5 cm³/mol. The Morgan fingerprint density at radius 1 is 1.40 bits per heavy atom. The van der Waals surface area contributed by atoms with Crippen LogP contribution in [0, 0.1) is 23.7 Å². The van der Waals surface area contributed by atoms with Crippen molar-refractivity contribution >= 4 is 0 Å². The number of nitrogens with two attached hydrogens (primary N) is 1. The second-order valence-corrected chi connectivity index (χ2v) is 4.11. The molecule has 2 aliphatic carbocycles. The summed E-state index contributed by atoms with van der Waals surface area (Å²) in [5.74, 6) is 3.89. The fraction of sp³-hybridized carbons (Fsp3) is 1.00. The molecule has 2 aliphatic rings. The summed E-state index contributed by atoms with van der Waals surface area (Å²) in [4.78, 5) is 0. The smallest absolute Gasteiger partial charge is 0.00436 e. The van der Waals surface area contributed by atoms with Crippen LogP contribution in [-0.4, -0.2) is 6.54 Å². The van der Waals surface area contributed by atoms with Crippen molar-refractivity contribution in [3.63, 3.8) is 0 Å². The van der Waals surface area contributed by atoms with Crippen LogP contribution in [0.5, 0.6) is 0 Å². The minimum absolute atomic E-state index is 0.874. The Hall–Kier alpha value is -0.0400. The Balaban J connectivity index is 2.04. The summed E-state index contributed by atoms with van der Waals surface area (Å²) in [5.41, 5.74) is 5.71. The highest BCUT2D eigenvalue weighted by Gasteiger charge is 2.45. The second kappa shape index (κ2) is 2.23. The third-order valence-electron chi connectivity index (χ3n) is 3.70. The van der Waals surface area contributed by atoms with Crippen LogP contribution in [0.3, 0.4) is 0 Å². The molecule has 0 aromatic heterocycles. The average Bonchev–Trinajstić information content (AvgIpc) is 2.09. The van der Waals surface area contributed by atoms with Gasteiger partial charge in [-0.05, 0) is 49.5 Å². The Morgan fingerprint density at radius 3 is 2.50 bits per heavy atom. The van der Waals surface area contributed by atoms with E-state index in [0.717, 1.165) is 30.2 Å². The van der Waals surface area contributed by atoms with E-state index in [9.17, 15) is 0 Å². The van der Waals surface area contributed by atoms with Crippen molar-refractivity contribution in [2.75, 3.05) is 6.54 Å². The zero-order valence-electron chi connectivity index (χ0n) is 6.72. The van der Waals surface area contributed by atoms with Gasteiger partial charge in [0, 0.05) is 0 Å². The van der Waals surface area contributed by atoms with Gasteiger partial charge in [0.2, 0.25) is 0 Å². The summed E-state index contributed by atoms with van der Waals surface area (Å²) < 4.78 is 0. The van der Waals surface area contributed by atoms with Crippen LogP contribution < -0.4 is 5.73 Å². The minimum atomic E-state index is 0.874. The average molecular weight is 139 g/mol. The van der Waals surface area contributed by atoms with Crippen LogP contribution in [0.25, 0.3) is 0 Å². The van der Waals surface area contributed by atoms with Gasteiger partial charge in [0.15, 0.2) is 0 Å². The molecule has 10 heavy (non-hydrogen) atoms. The van der Waals surface area contributed by atoms with E-state index < -0.39 is 0 Å². The normalized spacial score (nSPS) is 52.2. The molecule has 0 aliphatic heterocycles. The molecular weight excluding hydrogens is 122 g/mol. The highest BCUT2D eigenvalue weighted by molar-refractivity contribution is 4.95. The van der Waals surface area contributed by atoms with Gasteiger partial charge in [0.05, 0.1) is 0 Å². The maximum Gasteiger partial charge on any atom is -0.00436 e. The van der Waals surface area contributed by atoms with Crippen molar-refractivity contribution in [1.82, 2.24) is 0 Å². The standard InChI is InChI=1S/C9H17N/c1-6-4-7-2-3-8(7)9(6)5-10/h6-9H,2-5,10H2,1H3. The van der Waals surface area contributed by atoms with Crippen molar-refractivity contribution in [3.8, 4) is 0 Å². The van der Waals surface area contributed by atoms with Gasteiger partial charge in [0.1, 0.15) is 0 Å². The van der Waals surface area contributed by atoms with Crippen molar-refractivity contribution in [2.24, 2.45) is 29.4 Å². The molecule has 0 aromatic carbocycles. The molecule has 0 amide bonds. The zero-order valence-corrected chi connectivity index (χ0v) is 6.72. The highest BCUT2D eigenvalue weighted by Crippen LogP contribution is 2.52. The van der Waals surface area contributed by atoms with E-state index in [2.05, 4.69) is 6.92 Å². The lowest BCUT2D eigenvalue weighted by atomic mass is 9.72. The van der Waals surface area contributed by atoms with Gasteiger partial charge in [-0.1, -0.05) is 6.92 Å². The van der Waals surface area contributed by atoms with E-state index >= 15 is 0 Å². The molecule has 58 valence electrons. The lowest BCUT2D eigenvalue weighted by Crippen LogP contribution is -2.30. The van der Waals surface area contributed by atoms with Crippen LogP contribution in [0.15, 0.2) is 0 Å². The molecule has 0 heterocycles. The molecule has 0 aromatic rings. The number of hydrogen-bond acceptors (Lipinski definition) is 1. The molecule has 0 saturated heterocycles. The second-order valence-electron chi connectivity index (χ2n) is 4.11. The summed E-state index contributed by atoms with van der Waals surface area (Å²) in [6.07, 6.45) is 4.43. The van der Waals surface area contributed by atoms with Gasteiger partial charge < -0.3 is 5.73 Å². The molecule has 0 spiro atoms. The van der Waals surface area contributed by atoms with Crippen molar-refractivity contribution in [2.45, 2.75) is 26.2 Å². The molecule has 2 fully saturated rings. The van der Waals surface area contributed by atoms with Crippen LogP contribution in [0.1, 0.15) is 26.2 Å². The van der Waals surface area contributed by atoms with Gasteiger partial charge in [-0.15, -0.1) is 0 Å². The first-order chi connectivity index (χ1) is 4.83. The molecule has 0 bridgehead atoms. The number of hydrogen-bond donors (Lipinski definition) is 1. The van der Waals surface area contributed by atoms with Crippen molar-refractivity contribution in [3.05, 3.63) is 0 Å². The molecular formula is C9H17N. The predicted octanol–water partition coefficient (Wildman–Crippen LogP) is 1.63. The summed E-state index contributed by atoms with van der Waals surface area (Å²) in [5, 5.41) is 0. The van der Waals surface area contributed by atoms with Crippen molar-refractivity contribution in [1.29, 1.82) is 0 Å². The van der Waals surface area contributed by atoms with E-state index in [1.807, 2.05) is 0 Å². The first kappa shape index (κ1) is 6.66. The van der Waals surface area contributed by atoms with E-state index in [1.54, 1.807) is 0 Å². The molecule has 0 radical (unpaired) electrons. The lowest BCUT2D eigenvalue weighted by Gasteiger charge is -2.33. The van der Waals surface area contributed by atoms with E-state index in [1.165, 1.54) is 19.3 Å². The van der Waals surface area contributed by atoms with Gasteiger partial charge in [-0.2, -0.15) is 0 Å². The fourth-order valence-electron chi connectivity index (χ4n) is 2.93. The third kappa shape index (κ3) is 0.731. The highest BCUT2D eigenvalue weighted by atomic mass is 14.6. The van der Waals surface area contributed by atoms with Gasteiger partial charge in [-0.3, -0.25) is 0 Å². The lowest BCUT2D eigenvalue weighted by molar-refractivity contribution is 0.170.